The molecule has 2 aliphatic rings. The fourth-order valence-corrected chi connectivity index (χ4v) is 3.18. The molecule has 0 saturated carbocycles. The van der Waals surface area contributed by atoms with Gasteiger partial charge in [-0.2, -0.15) is 0 Å². The molecule has 0 unspecified atom stereocenters. The maximum atomic E-state index is 13.5. The molecule has 0 aliphatic carbocycles. The number of hydrogen-bond donors (Lipinski definition) is 1. The molecule has 3 heterocycles. The average molecular weight is 369 g/mol. The molecule has 27 heavy (non-hydrogen) atoms. The number of anilines is 2. The van der Waals surface area contributed by atoms with E-state index in [-0.39, 0.29) is 11.3 Å². The van der Waals surface area contributed by atoms with Gasteiger partial charge in [0.25, 0.3) is 11.8 Å². The number of carbonyl (C=O) groups excluding carboxylic acids is 3. The summed E-state index contributed by atoms with van der Waals surface area (Å²) in [5.74, 6) is -1.27. The van der Waals surface area contributed by atoms with Gasteiger partial charge in [-0.15, -0.1) is 0 Å². The van der Waals surface area contributed by atoms with Crippen molar-refractivity contribution in [2.24, 2.45) is 0 Å². The standard InChI is InChI=1S/C19H16FN3O4/c20-12-4-3-5-13(10-12)23-18(25)15(17(24)21-19(23)26)11-14-6-7-16(27-14)22-8-1-2-9-22/h3-7,10-11H,1-2,8-9H2,(H,21,24,26)/b15-11+. The summed E-state index contributed by atoms with van der Waals surface area (Å²) in [5.41, 5.74) is -0.228. The number of imide groups is 2. The minimum Gasteiger partial charge on any atom is -0.441 e. The summed E-state index contributed by atoms with van der Waals surface area (Å²) < 4.78 is 19.2. The fourth-order valence-electron chi connectivity index (χ4n) is 3.18. The number of benzene rings is 1. The molecule has 1 aromatic heterocycles. The number of rotatable bonds is 3. The van der Waals surface area contributed by atoms with Crippen LogP contribution in [-0.2, 0) is 9.59 Å². The molecule has 2 saturated heterocycles. The zero-order valence-corrected chi connectivity index (χ0v) is 14.3. The molecule has 1 aromatic carbocycles. The molecule has 0 bridgehead atoms. The third kappa shape index (κ3) is 3.21. The van der Waals surface area contributed by atoms with E-state index in [2.05, 4.69) is 10.2 Å². The van der Waals surface area contributed by atoms with Crippen LogP contribution in [0.3, 0.4) is 0 Å². The molecule has 7 nitrogen and oxygen atoms in total. The van der Waals surface area contributed by atoms with Crippen LogP contribution in [0.1, 0.15) is 18.6 Å². The Morgan fingerprint density at radius 2 is 1.85 bits per heavy atom. The maximum absolute atomic E-state index is 13.5. The first kappa shape index (κ1) is 17.0. The Morgan fingerprint density at radius 1 is 1.07 bits per heavy atom. The van der Waals surface area contributed by atoms with Gasteiger partial charge in [-0.3, -0.25) is 14.9 Å². The second-order valence-electron chi connectivity index (χ2n) is 6.31. The lowest BCUT2D eigenvalue weighted by atomic mass is 10.1. The quantitative estimate of drug-likeness (QED) is 0.664. The van der Waals surface area contributed by atoms with E-state index in [1.54, 1.807) is 12.1 Å². The van der Waals surface area contributed by atoms with Crippen LogP contribution in [0.15, 0.2) is 46.4 Å². The maximum Gasteiger partial charge on any atom is 0.335 e. The minimum atomic E-state index is -0.926. The van der Waals surface area contributed by atoms with Gasteiger partial charge < -0.3 is 9.32 Å². The Balaban J connectivity index is 1.65. The average Bonchev–Trinajstić information content (AvgIpc) is 3.30. The SMILES string of the molecule is O=C1NC(=O)N(c2cccc(F)c2)C(=O)/C1=C/c1ccc(N2CCCC2)o1. The smallest absolute Gasteiger partial charge is 0.335 e. The molecular formula is C19H16FN3O4. The summed E-state index contributed by atoms with van der Waals surface area (Å²) in [5, 5.41) is 2.09. The van der Waals surface area contributed by atoms with Gasteiger partial charge in [-0.1, -0.05) is 6.07 Å². The highest BCUT2D eigenvalue weighted by atomic mass is 19.1. The Labute approximate surface area is 154 Å². The molecular weight excluding hydrogens is 353 g/mol. The lowest BCUT2D eigenvalue weighted by Crippen LogP contribution is -2.54. The van der Waals surface area contributed by atoms with Crippen molar-refractivity contribution in [3.8, 4) is 0 Å². The predicted octanol–water partition coefficient (Wildman–Crippen LogP) is 2.69. The van der Waals surface area contributed by atoms with Crippen LogP contribution < -0.4 is 15.1 Å². The number of amides is 4. The normalized spacial score (nSPS) is 19.1. The Hall–Kier alpha value is -3.42. The molecule has 138 valence electrons. The molecule has 0 atom stereocenters. The van der Waals surface area contributed by atoms with Gasteiger partial charge in [0, 0.05) is 19.2 Å². The summed E-state index contributed by atoms with van der Waals surface area (Å²) in [7, 11) is 0. The van der Waals surface area contributed by atoms with E-state index >= 15 is 0 Å². The van der Waals surface area contributed by atoms with E-state index in [1.807, 2.05) is 0 Å². The van der Waals surface area contributed by atoms with Gasteiger partial charge in [0.05, 0.1) is 5.69 Å². The van der Waals surface area contributed by atoms with E-state index in [0.29, 0.717) is 11.6 Å². The van der Waals surface area contributed by atoms with Crippen molar-refractivity contribution in [2.45, 2.75) is 12.8 Å². The molecule has 2 aliphatic heterocycles. The summed E-state index contributed by atoms with van der Waals surface area (Å²) in [6.07, 6.45) is 3.46. The number of hydrogen-bond acceptors (Lipinski definition) is 5. The van der Waals surface area contributed by atoms with Crippen molar-refractivity contribution in [3.05, 3.63) is 53.5 Å². The lowest BCUT2D eigenvalue weighted by molar-refractivity contribution is -0.122. The van der Waals surface area contributed by atoms with E-state index < -0.39 is 23.7 Å². The van der Waals surface area contributed by atoms with Crippen LogP contribution in [-0.4, -0.2) is 30.9 Å². The van der Waals surface area contributed by atoms with Gasteiger partial charge in [-0.05, 0) is 43.2 Å². The van der Waals surface area contributed by atoms with E-state index in [9.17, 15) is 18.8 Å². The van der Waals surface area contributed by atoms with Crippen LogP contribution in [0.25, 0.3) is 6.08 Å². The summed E-state index contributed by atoms with van der Waals surface area (Å²) >= 11 is 0. The highest BCUT2D eigenvalue weighted by Gasteiger charge is 2.37. The van der Waals surface area contributed by atoms with Gasteiger partial charge in [-0.25, -0.2) is 14.1 Å². The van der Waals surface area contributed by atoms with Crippen LogP contribution in [0.2, 0.25) is 0 Å². The van der Waals surface area contributed by atoms with Crippen LogP contribution >= 0.6 is 0 Å². The van der Waals surface area contributed by atoms with Crippen molar-refractivity contribution in [1.29, 1.82) is 0 Å². The van der Waals surface area contributed by atoms with E-state index in [4.69, 9.17) is 4.42 Å². The predicted molar refractivity (Wildman–Crippen MR) is 95.6 cm³/mol. The lowest BCUT2D eigenvalue weighted by Gasteiger charge is -2.26. The first-order valence-electron chi connectivity index (χ1n) is 8.55. The second-order valence-corrected chi connectivity index (χ2v) is 6.31. The number of carbonyl (C=O) groups is 3. The number of nitrogens with zero attached hydrogens (tertiary/aromatic N) is 2. The molecule has 2 aromatic rings. The van der Waals surface area contributed by atoms with Crippen molar-refractivity contribution in [3.63, 3.8) is 0 Å². The number of nitrogens with one attached hydrogen (secondary N) is 1. The van der Waals surface area contributed by atoms with Crippen LogP contribution in [0.5, 0.6) is 0 Å². The molecule has 0 radical (unpaired) electrons. The van der Waals surface area contributed by atoms with Crippen LogP contribution in [0.4, 0.5) is 20.8 Å². The third-order valence-electron chi connectivity index (χ3n) is 4.49. The molecule has 8 heteroatoms. The number of urea groups is 1. The van der Waals surface area contributed by atoms with Crippen molar-refractivity contribution >= 4 is 35.5 Å². The zero-order chi connectivity index (χ0) is 19.0. The fraction of sp³-hybridized carbons (Fsp3) is 0.211. The molecule has 4 rings (SSSR count). The number of halogens is 1. The van der Waals surface area contributed by atoms with Crippen LogP contribution in [0, 0.1) is 5.82 Å². The second kappa shape index (κ2) is 6.71. The molecule has 0 spiro atoms. The Bertz CT molecular complexity index is 959. The highest BCUT2D eigenvalue weighted by molar-refractivity contribution is 6.39. The van der Waals surface area contributed by atoms with Gasteiger partial charge in [0.15, 0.2) is 5.88 Å². The topological polar surface area (TPSA) is 82.9 Å². The van der Waals surface area contributed by atoms with Gasteiger partial charge in [0.2, 0.25) is 0 Å². The Kier molecular flexibility index (Phi) is 4.23. The third-order valence-corrected chi connectivity index (χ3v) is 4.49. The minimum absolute atomic E-state index is 0.0353. The van der Waals surface area contributed by atoms with Gasteiger partial charge >= 0.3 is 6.03 Å². The summed E-state index contributed by atoms with van der Waals surface area (Å²) in [6, 6.07) is 7.53. The monoisotopic (exact) mass is 369 g/mol. The number of furan rings is 1. The summed E-state index contributed by atoms with van der Waals surface area (Å²) in [6.45, 7) is 1.79. The molecule has 1 N–H and O–H groups in total. The first-order valence-corrected chi connectivity index (χ1v) is 8.55. The van der Waals surface area contributed by atoms with E-state index in [1.165, 1.54) is 24.3 Å². The zero-order valence-electron chi connectivity index (χ0n) is 14.3. The Morgan fingerprint density at radius 3 is 2.59 bits per heavy atom. The van der Waals surface area contributed by atoms with Gasteiger partial charge in [0.1, 0.15) is 17.2 Å². The van der Waals surface area contributed by atoms with E-state index in [0.717, 1.165) is 36.9 Å². The van der Waals surface area contributed by atoms with Crippen molar-refractivity contribution < 1.29 is 23.2 Å². The largest absolute Gasteiger partial charge is 0.441 e. The summed E-state index contributed by atoms with van der Waals surface area (Å²) in [4.78, 5) is 39.8. The molecule has 2 fully saturated rings. The van der Waals surface area contributed by atoms with Crippen molar-refractivity contribution in [1.82, 2.24) is 5.32 Å². The first-order chi connectivity index (χ1) is 13.0. The number of barbiturate groups is 1. The van der Waals surface area contributed by atoms with Crippen molar-refractivity contribution in [2.75, 3.05) is 22.9 Å². The molecule has 4 amide bonds. The highest BCUT2D eigenvalue weighted by Crippen LogP contribution is 2.26.